The second-order valence-electron chi connectivity index (χ2n) is 7.14. The number of nitrogens with one attached hydrogen (secondary N) is 2. The smallest absolute Gasteiger partial charge is 0.231 e. The summed E-state index contributed by atoms with van der Waals surface area (Å²) in [6.45, 7) is 3.31. The minimum atomic E-state index is 0.304. The molecule has 4 rings (SSSR count). The third kappa shape index (κ3) is 3.68. The van der Waals surface area contributed by atoms with Crippen molar-refractivity contribution in [1.82, 2.24) is 15.5 Å². The van der Waals surface area contributed by atoms with E-state index in [1.165, 1.54) is 38.6 Å². The quantitative estimate of drug-likeness (QED) is 0.647. The van der Waals surface area contributed by atoms with E-state index in [4.69, 9.17) is 9.47 Å². The number of fused-ring (bicyclic) bond motifs is 1. The molecule has 6 nitrogen and oxygen atoms in total. The molecular formula is C19H28N4O2. The Morgan fingerprint density at radius 1 is 1.24 bits per heavy atom. The van der Waals surface area contributed by atoms with E-state index >= 15 is 0 Å². The topological polar surface area (TPSA) is 58.1 Å². The molecule has 0 aromatic heterocycles. The summed E-state index contributed by atoms with van der Waals surface area (Å²) in [7, 11) is 1.83. The van der Waals surface area contributed by atoms with Crippen LogP contribution in [0.1, 0.15) is 37.7 Å². The summed E-state index contributed by atoms with van der Waals surface area (Å²) < 4.78 is 11.0. The zero-order valence-electron chi connectivity index (χ0n) is 15.0. The summed E-state index contributed by atoms with van der Waals surface area (Å²) in [5.74, 6) is 2.53. The zero-order chi connectivity index (χ0) is 17.1. The lowest BCUT2D eigenvalue weighted by molar-refractivity contribution is 0.173. The molecule has 1 atom stereocenters. The number of hydrogen-bond donors (Lipinski definition) is 2. The van der Waals surface area contributed by atoms with Crippen molar-refractivity contribution in [3.63, 3.8) is 0 Å². The molecule has 0 bridgehead atoms. The third-order valence-electron chi connectivity index (χ3n) is 5.55. The Labute approximate surface area is 149 Å². The Morgan fingerprint density at radius 2 is 2.12 bits per heavy atom. The molecule has 1 saturated heterocycles. The van der Waals surface area contributed by atoms with Crippen molar-refractivity contribution in [2.24, 2.45) is 4.99 Å². The van der Waals surface area contributed by atoms with Crippen LogP contribution in [0.2, 0.25) is 0 Å². The molecule has 2 aliphatic heterocycles. The van der Waals surface area contributed by atoms with Crippen molar-refractivity contribution in [3.05, 3.63) is 23.8 Å². The lowest BCUT2D eigenvalue weighted by Crippen LogP contribution is -2.45. The molecular weight excluding hydrogens is 316 g/mol. The first-order valence-corrected chi connectivity index (χ1v) is 9.42. The van der Waals surface area contributed by atoms with Gasteiger partial charge < -0.3 is 20.1 Å². The summed E-state index contributed by atoms with van der Waals surface area (Å²) in [6, 6.07) is 7.29. The van der Waals surface area contributed by atoms with Gasteiger partial charge in [-0.05, 0) is 25.3 Å². The molecule has 6 heteroatoms. The highest BCUT2D eigenvalue weighted by Gasteiger charge is 2.30. The maximum absolute atomic E-state index is 5.57. The number of para-hydroxylation sites is 1. The maximum atomic E-state index is 5.57. The van der Waals surface area contributed by atoms with E-state index in [1.807, 2.05) is 19.2 Å². The van der Waals surface area contributed by atoms with Crippen LogP contribution in [-0.2, 0) is 6.54 Å². The van der Waals surface area contributed by atoms with Gasteiger partial charge in [-0.25, -0.2) is 0 Å². The molecule has 2 heterocycles. The zero-order valence-corrected chi connectivity index (χ0v) is 15.0. The van der Waals surface area contributed by atoms with Crippen molar-refractivity contribution in [2.45, 2.75) is 50.7 Å². The Kier molecular flexibility index (Phi) is 4.97. The number of hydrogen-bond acceptors (Lipinski definition) is 4. The normalized spacial score (nSPS) is 24.0. The van der Waals surface area contributed by atoms with Gasteiger partial charge in [-0.15, -0.1) is 0 Å². The van der Waals surface area contributed by atoms with Gasteiger partial charge in [0.15, 0.2) is 17.5 Å². The van der Waals surface area contributed by atoms with Gasteiger partial charge in [-0.1, -0.05) is 25.0 Å². The molecule has 1 aromatic rings. The van der Waals surface area contributed by atoms with E-state index in [1.54, 1.807) is 0 Å². The van der Waals surface area contributed by atoms with Crippen molar-refractivity contribution in [2.75, 3.05) is 26.9 Å². The van der Waals surface area contributed by atoms with Crippen LogP contribution >= 0.6 is 0 Å². The molecule has 0 spiro atoms. The molecule has 25 heavy (non-hydrogen) atoms. The first kappa shape index (κ1) is 16.5. The first-order chi connectivity index (χ1) is 12.3. The summed E-state index contributed by atoms with van der Waals surface area (Å²) in [4.78, 5) is 7.05. The SMILES string of the molecule is CN=C(NCc1cccc2c1OCO2)NC1CCN(C2CCCC2)C1. The van der Waals surface area contributed by atoms with Gasteiger partial charge >= 0.3 is 0 Å². The first-order valence-electron chi connectivity index (χ1n) is 9.42. The van der Waals surface area contributed by atoms with Crippen LogP contribution in [0.3, 0.4) is 0 Å². The second kappa shape index (κ2) is 7.52. The number of likely N-dealkylation sites (tertiary alicyclic amines) is 1. The molecule has 0 amide bonds. The minimum absolute atomic E-state index is 0.304. The van der Waals surface area contributed by atoms with Crippen LogP contribution in [0.4, 0.5) is 0 Å². The van der Waals surface area contributed by atoms with E-state index in [9.17, 15) is 0 Å². The van der Waals surface area contributed by atoms with E-state index < -0.39 is 0 Å². The van der Waals surface area contributed by atoms with E-state index in [2.05, 4.69) is 26.6 Å². The van der Waals surface area contributed by atoms with E-state index in [-0.39, 0.29) is 0 Å². The van der Waals surface area contributed by atoms with Gasteiger partial charge in [0.1, 0.15) is 0 Å². The fraction of sp³-hybridized carbons (Fsp3) is 0.632. The standard InChI is InChI=1S/C19H28N4O2/c1-20-19(21-11-14-5-4-8-17-18(14)25-13-24-17)22-15-9-10-23(12-15)16-6-2-3-7-16/h4-5,8,15-16H,2-3,6-7,9-13H2,1H3,(H2,20,21,22). The predicted molar refractivity (Wildman–Crippen MR) is 98.1 cm³/mol. The van der Waals surface area contributed by atoms with Crippen LogP contribution in [0.25, 0.3) is 0 Å². The minimum Gasteiger partial charge on any atom is -0.454 e. The van der Waals surface area contributed by atoms with Gasteiger partial charge in [-0.2, -0.15) is 0 Å². The van der Waals surface area contributed by atoms with Gasteiger partial charge in [-0.3, -0.25) is 9.89 Å². The van der Waals surface area contributed by atoms with Gasteiger partial charge in [0.25, 0.3) is 0 Å². The van der Waals surface area contributed by atoms with E-state index in [0.717, 1.165) is 35.6 Å². The number of nitrogens with zero attached hydrogens (tertiary/aromatic N) is 2. The molecule has 1 aromatic carbocycles. The molecule has 1 unspecified atom stereocenters. The van der Waals surface area contributed by atoms with Crippen LogP contribution in [0.15, 0.2) is 23.2 Å². The van der Waals surface area contributed by atoms with Gasteiger partial charge in [0.05, 0.1) is 0 Å². The average molecular weight is 344 g/mol. The predicted octanol–water partition coefficient (Wildman–Crippen LogP) is 2.10. The summed E-state index contributed by atoms with van der Waals surface area (Å²) in [6.07, 6.45) is 6.74. The second-order valence-corrected chi connectivity index (χ2v) is 7.14. The molecule has 1 aliphatic carbocycles. The Bertz CT molecular complexity index is 628. The fourth-order valence-electron chi connectivity index (χ4n) is 4.20. The monoisotopic (exact) mass is 344 g/mol. The molecule has 3 aliphatic rings. The van der Waals surface area contributed by atoms with Crippen molar-refractivity contribution < 1.29 is 9.47 Å². The van der Waals surface area contributed by atoms with Crippen molar-refractivity contribution in [3.8, 4) is 11.5 Å². The van der Waals surface area contributed by atoms with E-state index in [0.29, 0.717) is 19.4 Å². The summed E-state index contributed by atoms with van der Waals surface area (Å²) in [5, 5.41) is 6.99. The molecule has 2 fully saturated rings. The average Bonchev–Trinajstić information content (AvgIpc) is 3.39. The lowest BCUT2D eigenvalue weighted by Gasteiger charge is -2.24. The third-order valence-corrected chi connectivity index (χ3v) is 5.55. The van der Waals surface area contributed by atoms with Crippen LogP contribution < -0.4 is 20.1 Å². The molecule has 136 valence electrons. The van der Waals surface area contributed by atoms with Crippen LogP contribution in [0, 0.1) is 0 Å². The summed E-state index contributed by atoms with van der Waals surface area (Å²) >= 11 is 0. The highest BCUT2D eigenvalue weighted by molar-refractivity contribution is 5.80. The van der Waals surface area contributed by atoms with Crippen molar-refractivity contribution in [1.29, 1.82) is 0 Å². The van der Waals surface area contributed by atoms with Gasteiger partial charge in [0.2, 0.25) is 6.79 Å². The fourth-order valence-corrected chi connectivity index (χ4v) is 4.20. The maximum Gasteiger partial charge on any atom is 0.231 e. The highest BCUT2D eigenvalue weighted by atomic mass is 16.7. The number of aliphatic imine (C=N–C) groups is 1. The largest absolute Gasteiger partial charge is 0.454 e. The molecule has 1 saturated carbocycles. The summed E-state index contributed by atoms with van der Waals surface area (Å²) in [5.41, 5.74) is 1.09. The number of ether oxygens (including phenoxy) is 2. The lowest BCUT2D eigenvalue weighted by atomic mass is 10.2. The number of guanidine groups is 1. The Hall–Kier alpha value is -1.95. The Balaban J connectivity index is 1.29. The Morgan fingerprint density at radius 3 is 2.96 bits per heavy atom. The highest BCUT2D eigenvalue weighted by Crippen LogP contribution is 2.35. The van der Waals surface area contributed by atoms with Gasteiger partial charge in [0, 0.05) is 44.3 Å². The van der Waals surface area contributed by atoms with Crippen molar-refractivity contribution >= 4 is 5.96 Å². The van der Waals surface area contributed by atoms with Crippen LogP contribution in [-0.4, -0.2) is 49.9 Å². The molecule has 0 radical (unpaired) electrons. The number of rotatable bonds is 4. The molecule has 2 N–H and O–H groups in total. The van der Waals surface area contributed by atoms with Crippen LogP contribution in [0.5, 0.6) is 11.5 Å². The number of benzene rings is 1.